The molecule has 4 amide bonds. The van der Waals surface area contributed by atoms with Gasteiger partial charge in [0.05, 0.1) is 12.1 Å². The Bertz CT molecular complexity index is 2380. The molecule has 0 spiro atoms. The third kappa shape index (κ3) is 12.4. The number of carbonyl (C=O) groups is 5. The first kappa shape index (κ1) is 52.0. The molecule has 1 aromatic carbocycles. The molecule has 4 heterocycles. The van der Waals surface area contributed by atoms with E-state index in [1.807, 2.05) is 86.6 Å². The predicted molar refractivity (Wildman–Crippen MR) is 263 cm³/mol. The van der Waals surface area contributed by atoms with Crippen LogP contribution in [0.5, 0.6) is 11.5 Å². The lowest BCUT2D eigenvalue weighted by molar-refractivity contribution is -0.146. The van der Waals surface area contributed by atoms with Crippen LogP contribution in [-0.2, 0) is 23.9 Å². The normalized spacial score (nSPS) is 25.4. The van der Waals surface area contributed by atoms with Gasteiger partial charge in [0.1, 0.15) is 59.4 Å². The van der Waals surface area contributed by atoms with E-state index in [4.69, 9.17) is 29.0 Å². The molecule has 2 aliphatic heterocycles. The zero-order chi connectivity index (χ0) is 50.9. The first-order valence-electron chi connectivity index (χ1n) is 25.0. The van der Waals surface area contributed by atoms with Crippen molar-refractivity contribution >= 4 is 46.7 Å². The summed E-state index contributed by atoms with van der Waals surface area (Å²) in [6.07, 6.45) is 2.12. The molecule has 5 unspecified atom stereocenters. The van der Waals surface area contributed by atoms with Crippen molar-refractivity contribution in [1.82, 2.24) is 40.1 Å². The Morgan fingerprint density at radius 3 is 2.24 bits per heavy atom. The smallest absolute Gasteiger partial charge is 0.410 e. The number of aromatic nitrogens is 3. The first-order valence-corrected chi connectivity index (χ1v) is 25.0. The Labute approximate surface area is 411 Å². The molecule has 19 nitrogen and oxygen atoms in total. The number of amides is 4. The van der Waals surface area contributed by atoms with Gasteiger partial charge in [-0.2, -0.15) is 0 Å². The molecule has 2 aliphatic carbocycles. The number of benzene rings is 1. The van der Waals surface area contributed by atoms with Gasteiger partial charge in [-0.25, -0.2) is 24.0 Å². The first-order chi connectivity index (χ1) is 32.9. The molecular weight excluding hydrogens is 899 g/mol. The van der Waals surface area contributed by atoms with Crippen molar-refractivity contribution in [2.45, 2.75) is 150 Å². The summed E-state index contributed by atoms with van der Waals surface area (Å²) in [6, 6.07) is 7.07. The van der Waals surface area contributed by atoms with Crippen LogP contribution in [0.4, 0.5) is 15.4 Å². The van der Waals surface area contributed by atoms with E-state index in [9.17, 15) is 29.1 Å². The largest absolute Gasteiger partial charge is 0.492 e. The highest BCUT2D eigenvalue weighted by Crippen LogP contribution is 2.46. The number of nitrogens with one attached hydrogen (secondary N) is 3. The highest BCUT2D eigenvalue weighted by molar-refractivity contribution is 5.96. The lowest BCUT2D eigenvalue weighted by atomic mass is 9.85. The topological polar surface area (TPSA) is 219 Å². The van der Waals surface area contributed by atoms with E-state index >= 15 is 0 Å². The number of likely N-dealkylation sites (tertiary alicyclic amines) is 1. The van der Waals surface area contributed by atoms with Crippen LogP contribution in [0, 0.1) is 23.2 Å². The molecule has 3 aromatic rings. The molecule has 4 fully saturated rings. The van der Waals surface area contributed by atoms with Crippen LogP contribution >= 0.6 is 0 Å². The Kier molecular flexibility index (Phi) is 15.5. The summed E-state index contributed by atoms with van der Waals surface area (Å²) in [7, 11) is 0. The minimum atomic E-state index is -1.43. The molecule has 7 atom stereocenters. The highest BCUT2D eigenvalue weighted by atomic mass is 16.6. The van der Waals surface area contributed by atoms with E-state index in [0.717, 1.165) is 12.8 Å². The van der Waals surface area contributed by atoms with E-state index < -0.39 is 58.6 Å². The summed E-state index contributed by atoms with van der Waals surface area (Å²) in [5.74, 6) is 0.421. The fourth-order valence-electron chi connectivity index (χ4n) is 9.82. The van der Waals surface area contributed by atoms with Crippen molar-refractivity contribution in [3.8, 4) is 17.3 Å². The summed E-state index contributed by atoms with van der Waals surface area (Å²) in [6.45, 7) is 24.8. The Morgan fingerprint density at radius 1 is 0.929 bits per heavy atom. The van der Waals surface area contributed by atoms with Crippen LogP contribution in [0.15, 0.2) is 36.5 Å². The maximum Gasteiger partial charge on any atom is 0.410 e. The summed E-state index contributed by atoms with van der Waals surface area (Å²) in [5.41, 5.74) is -2.24. The number of carboxylic acid groups (broad SMARTS) is 1. The van der Waals surface area contributed by atoms with Gasteiger partial charge in [-0.1, -0.05) is 48.0 Å². The van der Waals surface area contributed by atoms with Gasteiger partial charge in [-0.3, -0.25) is 14.5 Å². The quantitative estimate of drug-likeness (QED) is 0.121. The number of piperazine rings is 1. The fourth-order valence-corrected chi connectivity index (χ4v) is 9.82. The highest BCUT2D eigenvalue weighted by Gasteiger charge is 2.61. The van der Waals surface area contributed by atoms with E-state index in [0.29, 0.717) is 91.6 Å². The van der Waals surface area contributed by atoms with Crippen LogP contribution in [-0.4, -0.2) is 152 Å². The third-order valence-electron chi connectivity index (χ3n) is 14.0. The molecule has 4 aliphatic rings. The third-order valence-corrected chi connectivity index (χ3v) is 14.0. The molecule has 2 saturated heterocycles. The van der Waals surface area contributed by atoms with E-state index in [1.54, 1.807) is 21.8 Å². The van der Waals surface area contributed by atoms with Crippen molar-refractivity contribution in [2.24, 2.45) is 23.2 Å². The SMILES string of the molecule is CCC1C[C@]1(NC(=O)C1C[C@@H](Oc2cc(-n3ccc(NC(C)C)n3)nc3cc(OCCN4CCN(C(=O)OC(C)(C)C)CC4)ccc23)CN1C(=O)C(NC(=O)OC1CC(C)C(C)C1)C(C)(C)C)C(=O)O. The Morgan fingerprint density at radius 2 is 1.63 bits per heavy atom. The minimum Gasteiger partial charge on any atom is -0.492 e. The van der Waals surface area contributed by atoms with E-state index in [2.05, 4.69) is 34.7 Å². The number of carbonyl (C=O) groups excluding carboxylic acids is 4. The Hall–Kier alpha value is -5.85. The maximum atomic E-state index is 14.9. The van der Waals surface area contributed by atoms with Gasteiger partial charge in [0.2, 0.25) is 11.8 Å². The Balaban J connectivity index is 1.13. The second-order valence-corrected chi connectivity index (χ2v) is 22.2. The number of hydrogen-bond acceptors (Lipinski definition) is 13. The van der Waals surface area contributed by atoms with Crippen molar-refractivity contribution in [1.29, 1.82) is 0 Å². The predicted octanol–water partition coefficient (Wildman–Crippen LogP) is 6.47. The number of carboxylic acids is 1. The van der Waals surface area contributed by atoms with Gasteiger partial charge < -0.3 is 49.8 Å². The maximum absolute atomic E-state index is 14.9. The van der Waals surface area contributed by atoms with Gasteiger partial charge in [0.25, 0.3) is 0 Å². The van der Waals surface area contributed by atoms with Crippen molar-refractivity contribution in [3.05, 3.63) is 36.5 Å². The number of aliphatic carboxylic acids is 1. The molecule has 0 radical (unpaired) electrons. The van der Waals surface area contributed by atoms with Crippen LogP contribution in [0.1, 0.15) is 108 Å². The van der Waals surface area contributed by atoms with Crippen LogP contribution < -0.4 is 25.4 Å². The van der Waals surface area contributed by atoms with E-state index in [1.165, 1.54) is 4.90 Å². The molecule has 4 N–H and O–H groups in total. The number of alkyl carbamates (subject to hydrolysis) is 1. The number of hydrogen-bond donors (Lipinski definition) is 4. The number of anilines is 1. The zero-order valence-corrected chi connectivity index (χ0v) is 42.9. The average molecular weight is 974 g/mol. The van der Waals surface area contributed by atoms with Crippen molar-refractivity contribution < 1.29 is 48.0 Å². The number of fused-ring (bicyclic) bond motifs is 1. The fraction of sp³-hybridized carbons (Fsp3) is 0.667. The van der Waals surface area contributed by atoms with Crippen LogP contribution in [0.25, 0.3) is 16.7 Å². The molecule has 2 saturated carbocycles. The number of pyridine rings is 1. The van der Waals surface area contributed by atoms with Gasteiger partial charge >= 0.3 is 18.2 Å². The standard InChI is InChI=1S/C51H75N9O10/c1-12-33-28-51(33,46(63)64)55-44(61)39-26-36(29-59(39)45(62)43(49(6,7)8)54-47(65)69-35-23-31(4)32(5)24-35)68-40-27-42(60-16-15-41(56-60)52-30(2)3)53-38-25-34(13-14-37(38)40)67-22-21-57-17-19-58(20-18-57)48(66)70-50(9,10)11/h13-16,25,27,30-33,35-36,39,43H,12,17-24,26,28-29H2,1-11H3,(H,52,56)(H,54,65)(H,55,61)(H,63,64)/t31?,32?,33?,35?,36-,39?,43?,51-/m1/s1. The summed E-state index contributed by atoms with van der Waals surface area (Å²) >= 11 is 0. The lowest BCUT2D eigenvalue weighted by Crippen LogP contribution is -2.59. The molecule has 384 valence electrons. The molecule has 19 heteroatoms. The molecule has 2 aromatic heterocycles. The monoisotopic (exact) mass is 974 g/mol. The average Bonchev–Trinajstić information content (AvgIpc) is 3.50. The zero-order valence-electron chi connectivity index (χ0n) is 42.9. The molecular formula is C51H75N9O10. The van der Waals surface area contributed by atoms with Crippen LogP contribution in [0.3, 0.4) is 0 Å². The van der Waals surface area contributed by atoms with E-state index in [-0.39, 0.29) is 43.5 Å². The second kappa shape index (κ2) is 20.9. The van der Waals surface area contributed by atoms with Gasteiger partial charge in [0.15, 0.2) is 5.82 Å². The van der Waals surface area contributed by atoms with Crippen LogP contribution in [0.2, 0.25) is 0 Å². The van der Waals surface area contributed by atoms with Crippen molar-refractivity contribution in [3.63, 3.8) is 0 Å². The van der Waals surface area contributed by atoms with Gasteiger partial charge in [-0.05, 0) is 89.2 Å². The van der Waals surface area contributed by atoms with Crippen molar-refractivity contribution in [2.75, 3.05) is 51.2 Å². The molecule has 7 rings (SSSR count). The number of rotatable bonds is 16. The summed E-state index contributed by atoms with van der Waals surface area (Å²) in [5, 5.41) is 24.6. The number of nitrogens with zero attached hydrogens (tertiary/aromatic N) is 6. The summed E-state index contributed by atoms with van der Waals surface area (Å²) < 4.78 is 26.2. The molecule has 0 bridgehead atoms. The van der Waals surface area contributed by atoms with Gasteiger partial charge in [0, 0.05) is 75.0 Å². The molecule has 70 heavy (non-hydrogen) atoms. The number of ether oxygens (including phenoxy) is 4. The second-order valence-electron chi connectivity index (χ2n) is 22.2. The summed E-state index contributed by atoms with van der Waals surface area (Å²) in [4.78, 5) is 78.3. The minimum absolute atomic E-state index is 0.0359. The van der Waals surface area contributed by atoms with Gasteiger partial charge in [-0.15, -0.1) is 5.10 Å². The lowest BCUT2D eigenvalue weighted by Gasteiger charge is -2.35.